The number of nitrogens with zero attached hydrogens (tertiary/aromatic N) is 1. The molecule has 2 N–H and O–H groups in total. The number of nitrogens with two attached hydrogens (primary N) is 1. The second-order valence-electron chi connectivity index (χ2n) is 5.22. The molecule has 0 saturated heterocycles. The highest BCUT2D eigenvalue weighted by atomic mass is 32.2. The predicted molar refractivity (Wildman–Crippen MR) is 71.9 cm³/mol. The lowest BCUT2D eigenvalue weighted by Crippen LogP contribution is -2.44. The van der Waals surface area contributed by atoms with Gasteiger partial charge in [0, 0.05) is 7.05 Å². The monoisotopic (exact) mass is 266 g/mol. The van der Waals surface area contributed by atoms with Crippen LogP contribution in [0.25, 0.3) is 0 Å². The SMILES string of the molecule is CC(C(N)=S)N(C)S(=O)(=O)CCC(C)(C)C. The molecule has 1 unspecified atom stereocenters. The molecule has 96 valence electrons. The Morgan fingerprint density at radius 2 is 1.88 bits per heavy atom. The van der Waals surface area contributed by atoms with Crippen molar-refractivity contribution in [1.82, 2.24) is 4.31 Å². The zero-order valence-corrected chi connectivity index (χ0v) is 12.3. The summed E-state index contributed by atoms with van der Waals surface area (Å²) in [5.41, 5.74) is 5.44. The minimum Gasteiger partial charge on any atom is -0.392 e. The number of sulfonamides is 1. The van der Waals surface area contributed by atoms with E-state index in [1.807, 2.05) is 20.8 Å². The van der Waals surface area contributed by atoms with E-state index in [0.29, 0.717) is 6.42 Å². The van der Waals surface area contributed by atoms with Crippen LogP contribution in [0.4, 0.5) is 0 Å². The molecule has 0 aromatic heterocycles. The van der Waals surface area contributed by atoms with Gasteiger partial charge in [-0.2, -0.15) is 4.31 Å². The van der Waals surface area contributed by atoms with Gasteiger partial charge in [0.25, 0.3) is 0 Å². The van der Waals surface area contributed by atoms with E-state index < -0.39 is 16.1 Å². The van der Waals surface area contributed by atoms with Crippen molar-refractivity contribution >= 4 is 27.2 Å². The highest BCUT2D eigenvalue weighted by Gasteiger charge is 2.26. The van der Waals surface area contributed by atoms with Crippen molar-refractivity contribution in [3.8, 4) is 0 Å². The summed E-state index contributed by atoms with van der Waals surface area (Å²) in [6.45, 7) is 7.73. The topological polar surface area (TPSA) is 63.4 Å². The second-order valence-corrected chi connectivity index (χ2v) is 7.84. The van der Waals surface area contributed by atoms with Crippen LogP contribution >= 0.6 is 12.2 Å². The van der Waals surface area contributed by atoms with Crippen molar-refractivity contribution in [2.24, 2.45) is 11.1 Å². The predicted octanol–water partition coefficient (Wildman–Crippen LogP) is 1.36. The van der Waals surface area contributed by atoms with Crippen molar-refractivity contribution in [3.05, 3.63) is 0 Å². The van der Waals surface area contributed by atoms with Crippen LogP contribution in [0, 0.1) is 5.41 Å². The third-order valence-electron chi connectivity index (χ3n) is 2.51. The third-order valence-corrected chi connectivity index (χ3v) is 4.76. The van der Waals surface area contributed by atoms with Crippen molar-refractivity contribution in [3.63, 3.8) is 0 Å². The summed E-state index contributed by atoms with van der Waals surface area (Å²) in [6, 6.07) is -0.431. The maximum absolute atomic E-state index is 11.9. The maximum atomic E-state index is 11.9. The van der Waals surface area contributed by atoms with E-state index in [-0.39, 0.29) is 16.2 Å². The van der Waals surface area contributed by atoms with E-state index in [0.717, 1.165) is 0 Å². The Labute approximate surface area is 104 Å². The van der Waals surface area contributed by atoms with E-state index >= 15 is 0 Å². The molecule has 0 aliphatic heterocycles. The van der Waals surface area contributed by atoms with Crippen LogP contribution in [0.15, 0.2) is 0 Å². The summed E-state index contributed by atoms with van der Waals surface area (Å²) in [4.78, 5) is 0.196. The molecule has 0 aromatic rings. The van der Waals surface area contributed by atoms with Crippen molar-refractivity contribution in [2.75, 3.05) is 12.8 Å². The van der Waals surface area contributed by atoms with Crippen molar-refractivity contribution in [2.45, 2.75) is 40.2 Å². The Morgan fingerprint density at radius 3 is 2.19 bits per heavy atom. The summed E-state index contributed by atoms with van der Waals surface area (Å²) >= 11 is 4.79. The molecule has 6 heteroatoms. The Balaban J connectivity index is 4.62. The lowest BCUT2D eigenvalue weighted by molar-refractivity contribution is 0.386. The van der Waals surface area contributed by atoms with E-state index in [4.69, 9.17) is 18.0 Å². The Morgan fingerprint density at radius 1 is 1.44 bits per heavy atom. The largest absolute Gasteiger partial charge is 0.392 e. The lowest BCUT2D eigenvalue weighted by Gasteiger charge is -2.25. The van der Waals surface area contributed by atoms with E-state index in [1.165, 1.54) is 11.4 Å². The fourth-order valence-electron chi connectivity index (χ4n) is 0.999. The molecule has 0 radical (unpaired) electrons. The number of thiocarbonyl (C=S) groups is 1. The summed E-state index contributed by atoms with van der Waals surface area (Å²) in [6.07, 6.45) is 0.615. The molecule has 0 aliphatic rings. The minimum atomic E-state index is -3.27. The molecule has 0 aliphatic carbocycles. The molecule has 0 heterocycles. The van der Waals surface area contributed by atoms with Gasteiger partial charge in [0.1, 0.15) is 0 Å². The zero-order chi connectivity index (χ0) is 13.1. The molecule has 0 fully saturated rings. The van der Waals surface area contributed by atoms with Gasteiger partial charge in [0.2, 0.25) is 10.0 Å². The molecular formula is C10H22N2O2S2. The smallest absolute Gasteiger partial charge is 0.214 e. The first-order chi connectivity index (χ1) is 6.97. The average Bonchev–Trinajstić information content (AvgIpc) is 2.11. The first-order valence-corrected chi connectivity index (χ1v) is 7.24. The molecule has 1 atom stereocenters. The van der Waals surface area contributed by atoms with Crippen LogP contribution in [0.2, 0.25) is 0 Å². The van der Waals surface area contributed by atoms with Gasteiger partial charge < -0.3 is 5.73 Å². The zero-order valence-electron chi connectivity index (χ0n) is 10.6. The van der Waals surface area contributed by atoms with Gasteiger partial charge in [0.15, 0.2) is 0 Å². The molecule has 4 nitrogen and oxygen atoms in total. The molecule has 0 bridgehead atoms. The van der Waals surface area contributed by atoms with E-state index in [9.17, 15) is 8.42 Å². The van der Waals surface area contributed by atoms with Gasteiger partial charge in [0.05, 0.1) is 16.8 Å². The highest BCUT2D eigenvalue weighted by Crippen LogP contribution is 2.20. The Kier molecular flexibility index (Phi) is 5.35. The van der Waals surface area contributed by atoms with E-state index in [1.54, 1.807) is 6.92 Å². The molecule has 0 amide bonds. The number of hydrogen-bond donors (Lipinski definition) is 1. The molecule has 0 spiro atoms. The number of rotatable bonds is 5. The van der Waals surface area contributed by atoms with Crippen molar-refractivity contribution < 1.29 is 8.42 Å². The summed E-state index contributed by atoms with van der Waals surface area (Å²) in [5, 5.41) is 0. The van der Waals surface area contributed by atoms with Gasteiger partial charge in [-0.3, -0.25) is 0 Å². The fourth-order valence-corrected chi connectivity index (χ4v) is 2.98. The van der Waals surface area contributed by atoms with E-state index in [2.05, 4.69) is 0 Å². The van der Waals surface area contributed by atoms with Crippen molar-refractivity contribution in [1.29, 1.82) is 0 Å². The van der Waals surface area contributed by atoms with Crippen LogP contribution in [-0.2, 0) is 10.0 Å². The first-order valence-electron chi connectivity index (χ1n) is 5.22. The average molecular weight is 266 g/mol. The normalized spacial score (nSPS) is 15.1. The molecule has 0 saturated carbocycles. The van der Waals surface area contributed by atoms with Crippen LogP contribution < -0.4 is 5.73 Å². The van der Waals surface area contributed by atoms with Gasteiger partial charge >= 0.3 is 0 Å². The van der Waals surface area contributed by atoms with Gasteiger partial charge in [-0.1, -0.05) is 33.0 Å². The lowest BCUT2D eigenvalue weighted by atomic mass is 9.94. The summed E-state index contributed by atoms with van der Waals surface area (Å²) < 4.78 is 25.1. The van der Waals surface area contributed by atoms with Gasteiger partial charge in [-0.15, -0.1) is 0 Å². The van der Waals surface area contributed by atoms with Crippen LogP contribution in [0.3, 0.4) is 0 Å². The third kappa shape index (κ3) is 5.23. The Hall–Kier alpha value is -0.200. The standard InChI is InChI=1S/C10H22N2O2S2/c1-8(9(11)15)12(5)16(13,14)7-6-10(2,3)4/h8H,6-7H2,1-5H3,(H2,11,15). The van der Waals surface area contributed by atoms with Gasteiger partial charge in [-0.05, 0) is 18.8 Å². The molecule has 0 aromatic carbocycles. The number of hydrogen-bond acceptors (Lipinski definition) is 3. The summed E-state index contributed by atoms with van der Waals surface area (Å²) in [5.74, 6) is 0.125. The number of likely N-dealkylation sites (N-methyl/N-ethyl adjacent to an activating group) is 1. The summed E-state index contributed by atoms with van der Waals surface area (Å²) in [7, 11) is -1.76. The van der Waals surface area contributed by atoms with Crippen LogP contribution in [0.5, 0.6) is 0 Å². The molecule has 0 rings (SSSR count). The first kappa shape index (κ1) is 15.8. The van der Waals surface area contributed by atoms with Gasteiger partial charge in [-0.25, -0.2) is 8.42 Å². The molecule has 16 heavy (non-hydrogen) atoms. The minimum absolute atomic E-state index is 0.000369. The van der Waals surface area contributed by atoms with Crippen LogP contribution in [0.1, 0.15) is 34.1 Å². The fraction of sp³-hybridized carbons (Fsp3) is 0.900. The Bertz CT molecular complexity index is 344. The van der Waals surface area contributed by atoms with Crippen LogP contribution in [-0.4, -0.2) is 36.6 Å². The quantitative estimate of drug-likeness (QED) is 0.763. The highest BCUT2D eigenvalue weighted by molar-refractivity contribution is 7.89. The second kappa shape index (κ2) is 5.42. The molecular weight excluding hydrogens is 244 g/mol. The maximum Gasteiger partial charge on any atom is 0.214 e.